The fourth-order valence-corrected chi connectivity index (χ4v) is 8.41. The first-order valence-electron chi connectivity index (χ1n) is 18.4. The Morgan fingerprint density at radius 3 is 1.95 bits per heavy atom. The van der Waals surface area contributed by atoms with E-state index < -0.39 is 0 Å². The van der Waals surface area contributed by atoms with Crippen LogP contribution in [0.3, 0.4) is 0 Å². The number of nitrogens with zero attached hydrogens (tertiary/aromatic N) is 3. The van der Waals surface area contributed by atoms with Gasteiger partial charge in [-0.3, -0.25) is 0 Å². The fourth-order valence-electron chi connectivity index (χ4n) is 8.41. The van der Waals surface area contributed by atoms with Crippen molar-refractivity contribution in [3.05, 3.63) is 176 Å². The molecule has 6 heteroatoms. The van der Waals surface area contributed by atoms with Gasteiger partial charge >= 0.3 is 0 Å². The van der Waals surface area contributed by atoms with Crippen LogP contribution in [0.1, 0.15) is 0 Å². The van der Waals surface area contributed by atoms with Crippen LogP contribution in [-0.2, 0) is 0 Å². The Hall–Kier alpha value is -7.57. The predicted octanol–water partition coefficient (Wildman–Crippen LogP) is 13.9. The van der Waals surface area contributed by atoms with Crippen molar-refractivity contribution in [3.8, 4) is 17.1 Å². The second kappa shape index (κ2) is 11.5. The standard InChI is InChI=1S/C49H29N3O3/c1-3-14-30(15-4-1)49-50-46-45-36-20-9-12-25-43(36)53-44(45)29-41(48(46)55-49)52(40-23-13-21-35-34-19-8-11-24-42(34)54-47(35)40)32-26-27-39-37(28-32)33-18-7-10-22-38(33)51(39)31-16-5-2-6-17-31/h1-29H. The number of furan rings is 2. The Morgan fingerprint density at radius 1 is 0.436 bits per heavy atom. The summed E-state index contributed by atoms with van der Waals surface area (Å²) in [6.45, 7) is 0. The lowest BCUT2D eigenvalue weighted by molar-refractivity contribution is 0.619. The molecule has 0 spiro atoms. The minimum absolute atomic E-state index is 0.540. The number of anilines is 3. The van der Waals surface area contributed by atoms with E-state index in [0.717, 1.165) is 99.5 Å². The molecule has 12 rings (SSSR count). The van der Waals surface area contributed by atoms with E-state index in [9.17, 15) is 0 Å². The molecule has 0 N–H and O–H groups in total. The van der Waals surface area contributed by atoms with Gasteiger partial charge in [0.15, 0.2) is 11.2 Å². The van der Waals surface area contributed by atoms with Crippen molar-refractivity contribution in [2.75, 3.05) is 4.90 Å². The highest BCUT2D eigenvalue weighted by Gasteiger charge is 2.28. The molecule has 0 fully saturated rings. The number of benzene rings is 8. The smallest absolute Gasteiger partial charge is 0.227 e. The lowest BCUT2D eigenvalue weighted by atomic mass is 10.1. The summed E-state index contributed by atoms with van der Waals surface area (Å²) in [6, 6.07) is 60.6. The molecule has 0 saturated carbocycles. The third-order valence-electron chi connectivity index (χ3n) is 10.8. The summed E-state index contributed by atoms with van der Waals surface area (Å²) in [4.78, 5) is 7.45. The van der Waals surface area contributed by atoms with E-state index in [2.05, 4.69) is 125 Å². The molecule has 12 aromatic rings. The number of hydrogen-bond donors (Lipinski definition) is 0. The van der Waals surface area contributed by atoms with Crippen molar-refractivity contribution < 1.29 is 13.3 Å². The molecular weight excluding hydrogens is 679 g/mol. The molecule has 0 aliphatic rings. The average molecular weight is 708 g/mol. The summed E-state index contributed by atoms with van der Waals surface area (Å²) in [5.74, 6) is 0.540. The highest BCUT2D eigenvalue weighted by Crippen LogP contribution is 2.49. The minimum atomic E-state index is 0.540. The van der Waals surface area contributed by atoms with Gasteiger partial charge in [-0.15, -0.1) is 0 Å². The number of fused-ring (bicyclic) bond motifs is 11. The largest absolute Gasteiger partial charge is 0.456 e. The molecule has 0 radical (unpaired) electrons. The Labute approximate surface area is 313 Å². The lowest BCUT2D eigenvalue weighted by Gasteiger charge is -2.25. The van der Waals surface area contributed by atoms with Crippen molar-refractivity contribution in [2.45, 2.75) is 0 Å². The van der Waals surface area contributed by atoms with Crippen LogP contribution in [0.2, 0.25) is 0 Å². The molecule has 4 heterocycles. The van der Waals surface area contributed by atoms with Crippen LogP contribution in [0.25, 0.3) is 93.9 Å². The molecule has 0 atom stereocenters. The molecular formula is C49H29N3O3. The first-order valence-corrected chi connectivity index (χ1v) is 18.4. The van der Waals surface area contributed by atoms with E-state index in [1.807, 2.05) is 60.7 Å². The van der Waals surface area contributed by atoms with Gasteiger partial charge in [0.1, 0.15) is 22.3 Å². The maximum Gasteiger partial charge on any atom is 0.227 e. The molecule has 55 heavy (non-hydrogen) atoms. The highest BCUT2D eigenvalue weighted by atomic mass is 16.4. The van der Waals surface area contributed by atoms with Gasteiger partial charge in [0.25, 0.3) is 0 Å². The van der Waals surface area contributed by atoms with Crippen LogP contribution in [0, 0.1) is 0 Å². The Morgan fingerprint density at radius 2 is 1.11 bits per heavy atom. The van der Waals surface area contributed by atoms with E-state index in [0.29, 0.717) is 11.5 Å². The third kappa shape index (κ3) is 4.39. The number of para-hydroxylation sites is 5. The fraction of sp³-hybridized carbons (Fsp3) is 0. The van der Waals surface area contributed by atoms with Crippen LogP contribution in [0.4, 0.5) is 17.1 Å². The van der Waals surface area contributed by atoms with E-state index in [1.165, 1.54) is 0 Å². The zero-order valence-corrected chi connectivity index (χ0v) is 29.3. The maximum atomic E-state index is 6.90. The third-order valence-corrected chi connectivity index (χ3v) is 10.8. The van der Waals surface area contributed by atoms with Crippen molar-refractivity contribution in [2.24, 2.45) is 0 Å². The molecule has 8 aromatic carbocycles. The number of rotatable bonds is 5. The molecule has 258 valence electrons. The van der Waals surface area contributed by atoms with E-state index in [-0.39, 0.29) is 0 Å². The summed E-state index contributed by atoms with van der Waals surface area (Å²) in [5.41, 5.74) is 11.4. The molecule has 0 saturated heterocycles. The molecule has 0 bridgehead atoms. The topological polar surface area (TPSA) is 60.5 Å². The highest BCUT2D eigenvalue weighted by molar-refractivity contribution is 6.21. The Balaban J connectivity index is 1.21. The van der Waals surface area contributed by atoms with E-state index in [1.54, 1.807) is 0 Å². The first-order chi connectivity index (χ1) is 27.3. The summed E-state index contributed by atoms with van der Waals surface area (Å²) >= 11 is 0. The molecule has 0 unspecified atom stereocenters. The van der Waals surface area contributed by atoms with Gasteiger partial charge in [-0.2, -0.15) is 0 Å². The van der Waals surface area contributed by atoms with Gasteiger partial charge in [0, 0.05) is 49.9 Å². The van der Waals surface area contributed by atoms with E-state index >= 15 is 0 Å². The first kappa shape index (κ1) is 29.9. The number of oxazole rings is 1. The van der Waals surface area contributed by atoms with Crippen LogP contribution < -0.4 is 4.90 Å². The number of aromatic nitrogens is 2. The van der Waals surface area contributed by atoms with Crippen molar-refractivity contribution in [3.63, 3.8) is 0 Å². The Bertz CT molecular complexity index is 3440. The normalized spacial score (nSPS) is 12.0. The number of hydrogen-bond acceptors (Lipinski definition) is 5. The van der Waals surface area contributed by atoms with Crippen LogP contribution >= 0.6 is 0 Å². The minimum Gasteiger partial charge on any atom is -0.456 e. The molecule has 6 nitrogen and oxygen atoms in total. The van der Waals surface area contributed by atoms with Gasteiger partial charge in [-0.1, -0.05) is 103 Å². The predicted molar refractivity (Wildman–Crippen MR) is 223 cm³/mol. The van der Waals surface area contributed by atoms with Crippen molar-refractivity contribution >= 4 is 93.8 Å². The summed E-state index contributed by atoms with van der Waals surface area (Å²) in [7, 11) is 0. The van der Waals surface area contributed by atoms with Gasteiger partial charge in [-0.05, 0) is 66.7 Å². The SMILES string of the molecule is c1ccc(-c2nc3c(o2)c(N(c2ccc4c(c2)c2ccccc2n4-c2ccccc2)c2cccc4c2oc2ccccc24)cc2oc4ccccc4c23)cc1. The second-order valence-electron chi connectivity index (χ2n) is 13.9. The van der Waals surface area contributed by atoms with Crippen LogP contribution in [-0.4, -0.2) is 9.55 Å². The zero-order valence-electron chi connectivity index (χ0n) is 29.3. The summed E-state index contributed by atoms with van der Waals surface area (Å²) in [6.07, 6.45) is 0. The van der Waals surface area contributed by atoms with Gasteiger partial charge < -0.3 is 22.7 Å². The van der Waals surface area contributed by atoms with Crippen molar-refractivity contribution in [1.82, 2.24) is 9.55 Å². The lowest BCUT2D eigenvalue weighted by Crippen LogP contribution is -2.10. The zero-order chi connectivity index (χ0) is 36.0. The quantitative estimate of drug-likeness (QED) is 0.178. The van der Waals surface area contributed by atoms with Crippen molar-refractivity contribution in [1.29, 1.82) is 0 Å². The summed E-state index contributed by atoms with van der Waals surface area (Å²) < 4.78 is 22.6. The van der Waals surface area contributed by atoms with Crippen LogP contribution in [0.15, 0.2) is 189 Å². The molecule has 0 amide bonds. The second-order valence-corrected chi connectivity index (χ2v) is 13.9. The maximum absolute atomic E-state index is 6.90. The van der Waals surface area contributed by atoms with Gasteiger partial charge in [0.05, 0.1) is 27.8 Å². The molecule has 4 aromatic heterocycles. The van der Waals surface area contributed by atoms with Crippen LogP contribution in [0.5, 0.6) is 0 Å². The molecule has 0 aliphatic carbocycles. The van der Waals surface area contributed by atoms with E-state index in [4.69, 9.17) is 18.2 Å². The van der Waals surface area contributed by atoms with Gasteiger partial charge in [0.2, 0.25) is 5.89 Å². The average Bonchev–Trinajstić information content (AvgIpc) is 4.02. The summed E-state index contributed by atoms with van der Waals surface area (Å²) in [5, 5.41) is 6.29. The Kier molecular flexibility index (Phi) is 6.24. The van der Waals surface area contributed by atoms with Gasteiger partial charge in [-0.25, -0.2) is 4.98 Å². The molecule has 0 aliphatic heterocycles. The monoisotopic (exact) mass is 707 g/mol.